The van der Waals surface area contributed by atoms with Crippen molar-refractivity contribution in [2.24, 2.45) is 0 Å². The van der Waals surface area contributed by atoms with E-state index in [-0.39, 0.29) is 11.9 Å². The summed E-state index contributed by atoms with van der Waals surface area (Å²) in [5, 5.41) is 5.15. The quantitative estimate of drug-likeness (QED) is 0.933. The lowest BCUT2D eigenvalue weighted by Crippen LogP contribution is -2.44. The SMILES string of the molecule is COc1ccc(C)cc1NC(=O)[C@H](C)N1CCc2sccc2C1. The van der Waals surface area contributed by atoms with E-state index in [1.54, 1.807) is 7.11 Å². The monoisotopic (exact) mass is 330 g/mol. The first-order chi connectivity index (χ1) is 11.1. The Labute approximate surface area is 141 Å². The number of amides is 1. The maximum atomic E-state index is 12.6. The van der Waals surface area contributed by atoms with Gasteiger partial charge >= 0.3 is 0 Å². The highest BCUT2D eigenvalue weighted by molar-refractivity contribution is 7.10. The molecule has 2 aromatic rings. The summed E-state index contributed by atoms with van der Waals surface area (Å²) in [5.41, 5.74) is 3.18. The molecule has 1 aliphatic heterocycles. The van der Waals surface area contributed by atoms with Crippen LogP contribution in [-0.2, 0) is 17.8 Å². The third kappa shape index (κ3) is 3.41. The summed E-state index contributed by atoms with van der Waals surface area (Å²) in [5.74, 6) is 0.697. The molecule has 2 heterocycles. The number of anilines is 1. The molecule has 0 saturated carbocycles. The largest absolute Gasteiger partial charge is 0.495 e. The molecule has 4 nitrogen and oxygen atoms in total. The van der Waals surface area contributed by atoms with Crippen molar-refractivity contribution in [2.75, 3.05) is 19.0 Å². The van der Waals surface area contributed by atoms with Gasteiger partial charge in [-0.1, -0.05) is 6.07 Å². The predicted octanol–water partition coefficient (Wildman–Crippen LogP) is 3.45. The van der Waals surface area contributed by atoms with E-state index in [0.717, 1.165) is 30.8 Å². The average Bonchev–Trinajstić information content (AvgIpc) is 3.01. The van der Waals surface area contributed by atoms with Crippen LogP contribution in [0.2, 0.25) is 0 Å². The van der Waals surface area contributed by atoms with Gasteiger partial charge in [-0.3, -0.25) is 9.69 Å². The normalized spacial score (nSPS) is 15.8. The first kappa shape index (κ1) is 16.0. The Kier molecular flexibility index (Phi) is 4.68. The van der Waals surface area contributed by atoms with Gasteiger partial charge in [-0.15, -0.1) is 11.3 Å². The number of ether oxygens (including phenoxy) is 1. The first-order valence-electron chi connectivity index (χ1n) is 7.83. The van der Waals surface area contributed by atoms with Crippen molar-refractivity contribution in [3.8, 4) is 5.75 Å². The molecular weight excluding hydrogens is 308 g/mol. The molecule has 1 atom stereocenters. The van der Waals surface area contributed by atoms with Crippen LogP contribution in [0, 0.1) is 6.92 Å². The minimum Gasteiger partial charge on any atom is -0.495 e. The maximum Gasteiger partial charge on any atom is 0.241 e. The van der Waals surface area contributed by atoms with Gasteiger partial charge in [0.2, 0.25) is 5.91 Å². The highest BCUT2D eigenvalue weighted by atomic mass is 32.1. The van der Waals surface area contributed by atoms with Crippen molar-refractivity contribution in [2.45, 2.75) is 32.9 Å². The molecule has 1 aromatic carbocycles. The molecule has 1 amide bonds. The topological polar surface area (TPSA) is 41.6 Å². The molecule has 1 aromatic heterocycles. The molecule has 1 aliphatic rings. The van der Waals surface area contributed by atoms with Crippen LogP contribution in [0.4, 0.5) is 5.69 Å². The molecule has 0 radical (unpaired) electrons. The standard InChI is InChI=1S/C18H22N2O2S/c1-12-4-5-16(22-3)15(10-12)19-18(21)13(2)20-8-6-17-14(11-20)7-9-23-17/h4-5,7,9-10,13H,6,8,11H2,1-3H3,(H,19,21)/t13-/m0/s1. The fraction of sp³-hybridized carbons (Fsp3) is 0.389. The molecule has 1 N–H and O–H groups in total. The lowest BCUT2D eigenvalue weighted by Gasteiger charge is -2.31. The van der Waals surface area contributed by atoms with E-state index < -0.39 is 0 Å². The minimum atomic E-state index is -0.173. The lowest BCUT2D eigenvalue weighted by molar-refractivity contribution is -0.121. The summed E-state index contributed by atoms with van der Waals surface area (Å²) >= 11 is 1.81. The number of thiophene rings is 1. The number of benzene rings is 1. The van der Waals surface area contributed by atoms with Crippen LogP contribution in [0.25, 0.3) is 0 Å². The van der Waals surface area contributed by atoms with Crippen LogP contribution < -0.4 is 10.1 Å². The number of nitrogens with one attached hydrogen (secondary N) is 1. The van der Waals surface area contributed by atoms with E-state index >= 15 is 0 Å². The van der Waals surface area contributed by atoms with Gasteiger partial charge in [0.05, 0.1) is 18.8 Å². The summed E-state index contributed by atoms with van der Waals surface area (Å²) in [4.78, 5) is 16.3. The zero-order valence-electron chi connectivity index (χ0n) is 13.8. The molecular formula is C18H22N2O2S. The number of methoxy groups -OCH3 is 1. The predicted molar refractivity (Wildman–Crippen MR) is 94.3 cm³/mol. The van der Waals surface area contributed by atoms with Crippen molar-refractivity contribution >= 4 is 22.9 Å². The molecule has 122 valence electrons. The Balaban J connectivity index is 1.70. The van der Waals surface area contributed by atoms with E-state index in [1.165, 1.54) is 10.4 Å². The number of hydrogen-bond acceptors (Lipinski definition) is 4. The number of fused-ring (bicyclic) bond motifs is 1. The number of rotatable bonds is 4. The maximum absolute atomic E-state index is 12.6. The minimum absolute atomic E-state index is 0.00702. The molecule has 3 rings (SSSR count). The summed E-state index contributed by atoms with van der Waals surface area (Å²) in [6, 6.07) is 7.79. The number of hydrogen-bond donors (Lipinski definition) is 1. The number of nitrogens with zero attached hydrogens (tertiary/aromatic N) is 1. The van der Waals surface area contributed by atoms with Gasteiger partial charge in [-0.2, -0.15) is 0 Å². The Bertz CT molecular complexity index is 711. The van der Waals surface area contributed by atoms with Crippen molar-refractivity contribution in [1.82, 2.24) is 4.90 Å². The number of aryl methyl sites for hydroxylation is 1. The smallest absolute Gasteiger partial charge is 0.241 e. The molecule has 0 spiro atoms. The summed E-state index contributed by atoms with van der Waals surface area (Å²) in [6.45, 7) is 5.74. The zero-order chi connectivity index (χ0) is 16.4. The van der Waals surface area contributed by atoms with Gasteiger partial charge in [-0.05, 0) is 55.0 Å². The van der Waals surface area contributed by atoms with E-state index in [0.29, 0.717) is 5.75 Å². The molecule has 0 aliphatic carbocycles. The summed E-state index contributed by atoms with van der Waals surface area (Å²) in [7, 11) is 1.62. The van der Waals surface area contributed by atoms with E-state index in [9.17, 15) is 4.79 Å². The van der Waals surface area contributed by atoms with E-state index in [4.69, 9.17) is 4.74 Å². The Hall–Kier alpha value is -1.85. The second-order valence-corrected chi connectivity index (χ2v) is 6.96. The zero-order valence-corrected chi connectivity index (χ0v) is 14.6. The van der Waals surface area contributed by atoms with E-state index in [1.807, 2.05) is 43.4 Å². The fourth-order valence-corrected chi connectivity index (χ4v) is 3.81. The van der Waals surface area contributed by atoms with Gasteiger partial charge in [0.1, 0.15) is 5.75 Å². The van der Waals surface area contributed by atoms with Crippen LogP contribution in [0.3, 0.4) is 0 Å². The second kappa shape index (κ2) is 6.72. The molecule has 5 heteroatoms. The molecule has 0 fully saturated rings. The first-order valence-corrected chi connectivity index (χ1v) is 8.71. The van der Waals surface area contributed by atoms with Gasteiger partial charge in [0.25, 0.3) is 0 Å². The highest BCUT2D eigenvalue weighted by Gasteiger charge is 2.26. The average molecular weight is 330 g/mol. The summed E-state index contributed by atoms with van der Waals surface area (Å²) < 4.78 is 5.34. The van der Waals surface area contributed by atoms with Crippen molar-refractivity contribution in [1.29, 1.82) is 0 Å². The third-order valence-corrected chi connectivity index (χ3v) is 5.40. The van der Waals surface area contributed by atoms with Gasteiger partial charge in [-0.25, -0.2) is 0 Å². The van der Waals surface area contributed by atoms with Gasteiger partial charge in [0, 0.05) is 18.0 Å². The van der Waals surface area contributed by atoms with Crippen LogP contribution in [-0.4, -0.2) is 30.5 Å². The van der Waals surface area contributed by atoms with Gasteiger partial charge < -0.3 is 10.1 Å². The van der Waals surface area contributed by atoms with Crippen LogP contribution in [0.15, 0.2) is 29.6 Å². The van der Waals surface area contributed by atoms with Crippen molar-refractivity contribution in [3.63, 3.8) is 0 Å². The Morgan fingerprint density at radius 3 is 3.00 bits per heavy atom. The number of carbonyl (C=O) groups is 1. The van der Waals surface area contributed by atoms with Crippen LogP contribution in [0.1, 0.15) is 22.9 Å². The lowest BCUT2D eigenvalue weighted by atomic mass is 10.1. The van der Waals surface area contributed by atoms with E-state index in [2.05, 4.69) is 21.7 Å². The number of carbonyl (C=O) groups excluding carboxylic acids is 1. The van der Waals surface area contributed by atoms with Crippen molar-refractivity contribution in [3.05, 3.63) is 45.6 Å². The highest BCUT2D eigenvalue weighted by Crippen LogP contribution is 2.27. The van der Waals surface area contributed by atoms with Crippen LogP contribution >= 0.6 is 11.3 Å². The molecule has 0 unspecified atom stereocenters. The van der Waals surface area contributed by atoms with Crippen molar-refractivity contribution < 1.29 is 9.53 Å². The van der Waals surface area contributed by atoms with Gasteiger partial charge in [0.15, 0.2) is 0 Å². The summed E-state index contributed by atoms with van der Waals surface area (Å²) in [6.07, 6.45) is 1.03. The molecule has 0 bridgehead atoms. The third-order valence-electron chi connectivity index (χ3n) is 4.38. The Morgan fingerprint density at radius 2 is 2.22 bits per heavy atom. The van der Waals surface area contributed by atoms with Crippen LogP contribution in [0.5, 0.6) is 5.75 Å². The second-order valence-electron chi connectivity index (χ2n) is 5.96. The Morgan fingerprint density at radius 1 is 1.39 bits per heavy atom. The molecule has 0 saturated heterocycles. The molecule has 23 heavy (non-hydrogen) atoms. The fourth-order valence-electron chi connectivity index (χ4n) is 2.92.